The largest absolute Gasteiger partial charge is 0.444 e. The molecule has 0 spiro atoms. The van der Waals surface area contributed by atoms with Gasteiger partial charge in [0, 0.05) is 5.54 Å². The number of carbonyl (C=O) groups is 3. The molecule has 40 heavy (non-hydrogen) atoms. The molecule has 0 bridgehead atoms. The number of nitrogens with one attached hydrogen (secondary N) is 2. The smallest absolute Gasteiger partial charge is 0.408 e. The molecule has 0 saturated carbocycles. The van der Waals surface area contributed by atoms with Crippen molar-refractivity contribution in [2.75, 3.05) is 17.3 Å². The monoisotopic (exact) mass is 589 g/mol. The quantitative estimate of drug-likeness (QED) is 0.307. The van der Waals surface area contributed by atoms with Crippen LogP contribution >= 0.6 is 23.4 Å². The van der Waals surface area contributed by atoms with Crippen molar-refractivity contribution in [3.8, 4) is 0 Å². The van der Waals surface area contributed by atoms with Gasteiger partial charge in [-0.05, 0) is 96.1 Å². The molecule has 2 atom stereocenters. The fourth-order valence-electron chi connectivity index (χ4n) is 4.29. The zero-order chi connectivity index (χ0) is 30.3. The summed E-state index contributed by atoms with van der Waals surface area (Å²) in [7, 11) is 0. The van der Waals surface area contributed by atoms with Crippen LogP contribution in [0.5, 0.6) is 0 Å². The lowest BCUT2D eigenvalue weighted by atomic mass is 9.94. The normalized spacial score (nSPS) is 13.2. The molecule has 0 aliphatic heterocycles. The number of hydrogen-bond donors (Lipinski definition) is 2. The van der Waals surface area contributed by atoms with Gasteiger partial charge < -0.3 is 20.3 Å². The molecule has 0 fully saturated rings. The second kappa shape index (κ2) is 14.3. The van der Waals surface area contributed by atoms with Gasteiger partial charge in [-0.3, -0.25) is 9.59 Å². The van der Waals surface area contributed by atoms with E-state index in [1.807, 2.05) is 70.3 Å². The Bertz CT molecular complexity index is 1150. The fourth-order valence-corrected chi connectivity index (χ4v) is 5.03. The van der Waals surface area contributed by atoms with Gasteiger partial charge in [-0.1, -0.05) is 54.9 Å². The number of ether oxygens (including phenoxy) is 1. The van der Waals surface area contributed by atoms with E-state index in [2.05, 4.69) is 17.6 Å². The van der Waals surface area contributed by atoms with E-state index in [-0.39, 0.29) is 5.91 Å². The lowest BCUT2D eigenvalue weighted by molar-refractivity contribution is -0.146. The number of hydrogen-bond acceptors (Lipinski definition) is 5. The number of nitrogens with zero attached hydrogens (tertiary/aromatic N) is 1. The van der Waals surface area contributed by atoms with Crippen molar-refractivity contribution in [3.63, 3.8) is 0 Å². The maximum atomic E-state index is 14.4. The molecule has 220 valence electrons. The summed E-state index contributed by atoms with van der Waals surface area (Å²) in [6, 6.07) is 11.2. The molecule has 0 heterocycles. The van der Waals surface area contributed by atoms with Crippen molar-refractivity contribution in [1.82, 2.24) is 10.2 Å². The molecule has 2 rings (SSSR count). The Morgan fingerprint density at radius 1 is 1.02 bits per heavy atom. The summed E-state index contributed by atoms with van der Waals surface area (Å²) in [5.41, 5.74) is 1.56. The topological polar surface area (TPSA) is 87.7 Å². The van der Waals surface area contributed by atoms with Crippen molar-refractivity contribution >= 4 is 47.0 Å². The van der Waals surface area contributed by atoms with Crippen LogP contribution in [0.1, 0.15) is 77.6 Å². The average molecular weight is 590 g/mol. The molecule has 0 aliphatic rings. The van der Waals surface area contributed by atoms with Crippen LogP contribution in [-0.2, 0) is 20.7 Å². The number of carbonyl (C=O) groups excluding carboxylic acids is 3. The zero-order valence-electron chi connectivity index (χ0n) is 25.2. The highest BCUT2D eigenvalue weighted by Gasteiger charge is 2.42. The highest BCUT2D eigenvalue weighted by Crippen LogP contribution is 2.33. The molecule has 9 heteroatoms. The number of aryl methyl sites for hydroxylation is 2. The second-order valence-electron chi connectivity index (χ2n) is 11.8. The zero-order valence-corrected chi connectivity index (χ0v) is 26.8. The van der Waals surface area contributed by atoms with Gasteiger partial charge in [0.25, 0.3) is 5.91 Å². The maximum Gasteiger partial charge on any atom is 0.408 e. The Kier molecular flexibility index (Phi) is 11.9. The van der Waals surface area contributed by atoms with Crippen LogP contribution in [0, 0.1) is 6.92 Å². The lowest BCUT2D eigenvalue weighted by Crippen LogP contribution is -2.58. The van der Waals surface area contributed by atoms with E-state index in [0.717, 1.165) is 17.5 Å². The van der Waals surface area contributed by atoms with E-state index in [0.29, 0.717) is 28.4 Å². The molecule has 2 N–H and O–H groups in total. The number of thioether (sulfide) groups is 1. The maximum absolute atomic E-state index is 14.4. The predicted octanol–water partition coefficient (Wildman–Crippen LogP) is 7.16. The van der Waals surface area contributed by atoms with Crippen molar-refractivity contribution in [2.45, 2.75) is 91.5 Å². The average Bonchev–Trinajstić information content (AvgIpc) is 2.85. The number of anilines is 1. The van der Waals surface area contributed by atoms with Crippen LogP contribution in [-0.4, -0.2) is 52.0 Å². The highest BCUT2D eigenvalue weighted by molar-refractivity contribution is 7.98. The van der Waals surface area contributed by atoms with Gasteiger partial charge in [-0.25, -0.2) is 4.79 Å². The Morgan fingerprint density at radius 2 is 1.65 bits per heavy atom. The van der Waals surface area contributed by atoms with Crippen LogP contribution in [0.3, 0.4) is 0 Å². The number of rotatable bonds is 10. The fraction of sp³-hybridized carbons (Fsp3) is 0.516. The molecular weight excluding hydrogens is 546 g/mol. The summed E-state index contributed by atoms with van der Waals surface area (Å²) < 4.78 is 5.47. The highest BCUT2D eigenvalue weighted by atomic mass is 35.5. The summed E-state index contributed by atoms with van der Waals surface area (Å²) in [5.74, 6) is -0.141. The standard InChI is InChI=1S/C31H44ClN3O4S/c1-10-21-14-16-22(17-15-21)26(27(36)34-25-20(2)12-11-13-23(25)32)35(30(3,4)5)28(37)24(18-19-40-9)33-29(38)39-31(6,7)8/h11-17,24,26H,10,18-19H2,1-9H3,(H,33,38)(H,34,36). The predicted molar refractivity (Wildman–Crippen MR) is 166 cm³/mol. The first-order valence-electron chi connectivity index (χ1n) is 13.6. The summed E-state index contributed by atoms with van der Waals surface area (Å²) in [6.45, 7) is 14.9. The van der Waals surface area contributed by atoms with Gasteiger partial charge in [-0.15, -0.1) is 0 Å². The SMILES string of the molecule is CCc1ccc(C(C(=O)Nc2c(C)cccc2Cl)N(C(=O)C(CCSC)NC(=O)OC(C)(C)C)C(C)(C)C)cc1. The van der Waals surface area contributed by atoms with E-state index >= 15 is 0 Å². The van der Waals surface area contributed by atoms with Crippen LogP contribution in [0.15, 0.2) is 42.5 Å². The van der Waals surface area contributed by atoms with Gasteiger partial charge in [0.15, 0.2) is 0 Å². The minimum Gasteiger partial charge on any atom is -0.444 e. The van der Waals surface area contributed by atoms with Gasteiger partial charge in [-0.2, -0.15) is 11.8 Å². The van der Waals surface area contributed by atoms with Crippen molar-refractivity contribution in [1.29, 1.82) is 0 Å². The molecule has 0 aliphatic carbocycles. The van der Waals surface area contributed by atoms with Crippen LogP contribution < -0.4 is 10.6 Å². The number of benzene rings is 2. The first-order valence-corrected chi connectivity index (χ1v) is 15.3. The third-order valence-electron chi connectivity index (χ3n) is 6.24. The van der Waals surface area contributed by atoms with Crippen molar-refractivity contribution in [2.24, 2.45) is 0 Å². The number of halogens is 1. The molecule has 2 aromatic rings. The lowest BCUT2D eigenvalue weighted by Gasteiger charge is -2.43. The minimum atomic E-state index is -0.994. The Hall–Kier alpha value is -2.71. The molecule has 2 unspecified atom stereocenters. The third-order valence-corrected chi connectivity index (χ3v) is 7.20. The molecule has 0 radical (unpaired) electrons. The third kappa shape index (κ3) is 9.44. The van der Waals surface area contributed by atoms with E-state index < -0.39 is 35.2 Å². The molecule has 7 nitrogen and oxygen atoms in total. The molecule has 0 saturated heterocycles. The van der Waals surface area contributed by atoms with E-state index in [1.165, 1.54) is 0 Å². The van der Waals surface area contributed by atoms with E-state index in [4.69, 9.17) is 16.3 Å². The van der Waals surface area contributed by atoms with Gasteiger partial charge in [0.05, 0.1) is 10.7 Å². The number of para-hydroxylation sites is 1. The summed E-state index contributed by atoms with van der Waals surface area (Å²) in [5, 5.41) is 6.17. The Morgan fingerprint density at radius 3 is 2.15 bits per heavy atom. The second-order valence-corrected chi connectivity index (χ2v) is 13.2. The summed E-state index contributed by atoms with van der Waals surface area (Å²) in [6.07, 6.45) is 2.47. The van der Waals surface area contributed by atoms with E-state index in [1.54, 1.807) is 43.5 Å². The minimum absolute atomic E-state index is 0.372. The van der Waals surface area contributed by atoms with Crippen molar-refractivity contribution < 1.29 is 19.1 Å². The van der Waals surface area contributed by atoms with Gasteiger partial charge >= 0.3 is 6.09 Å². The Labute approximate surface area is 248 Å². The van der Waals surface area contributed by atoms with Crippen molar-refractivity contribution in [3.05, 3.63) is 64.2 Å². The Balaban J connectivity index is 2.62. The van der Waals surface area contributed by atoms with Gasteiger partial charge in [0.2, 0.25) is 5.91 Å². The van der Waals surface area contributed by atoms with E-state index in [9.17, 15) is 14.4 Å². The molecule has 0 aromatic heterocycles. The van der Waals surface area contributed by atoms with Crippen LogP contribution in [0.4, 0.5) is 10.5 Å². The molecular formula is C31H44ClN3O4S. The molecule has 3 amide bonds. The first kappa shape index (κ1) is 33.5. The number of amides is 3. The van der Waals surface area contributed by atoms with Crippen LogP contribution in [0.25, 0.3) is 0 Å². The molecule has 2 aromatic carbocycles. The first-order chi connectivity index (χ1) is 18.6. The summed E-state index contributed by atoms with van der Waals surface area (Å²) >= 11 is 8.02. The number of alkyl carbamates (subject to hydrolysis) is 1. The summed E-state index contributed by atoms with van der Waals surface area (Å²) in [4.78, 5) is 42.8. The van der Waals surface area contributed by atoms with Gasteiger partial charge in [0.1, 0.15) is 17.7 Å². The van der Waals surface area contributed by atoms with Crippen LogP contribution in [0.2, 0.25) is 5.02 Å².